The number of carbonyl (C=O) groups excluding carboxylic acids is 1. The Morgan fingerprint density at radius 2 is 1.95 bits per heavy atom. The summed E-state index contributed by atoms with van der Waals surface area (Å²) >= 11 is 0. The molecule has 0 aliphatic heterocycles. The highest BCUT2D eigenvalue weighted by Crippen LogP contribution is 2.28. The molecule has 3 nitrogen and oxygen atoms in total. The van der Waals surface area contributed by atoms with Crippen LogP contribution in [0.2, 0.25) is 0 Å². The van der Waals surface area contributed by atoms with Crippen LogP contribution in [0.15, 0.2) is 18.2 Å². The van der Waals surface area contributed by atoms with Gasteiger partial charge in [-0.3, -0.25) is 4.79 Å². The van der Waals surface area contributed by atoms with E-state index in [4.69, 9.17) is 4.74 Å². The van der Waals surface area contributed by atoms with Gasteiger partial charge in [0, 0.05) is 6.54 Å². The number of rotatable bonds is 8. The molecule has 21 heavy (non-hydrogen) atoms. The van der Waals surface area contributed by atoms with Crippen molar-refractivity contribution in [3.63, 3.8) is 0 Å². The van der Waals surface area contributed by atoms with Gasteiger partial charge in [-0.2, -0.15) is 0 Å². The molecule has 118 valence electrons. The standard InChI is InChI=1S/C18H29NO2/c1-6-7-8-11-19-18(20)15(5)21-17-12-14(4)9-10-16(17)13(2)3/h9-10,12-13,15H,6-8,11H2,1-5H3,(H,19,20)/t15-/m0/s1. The molecule has 1 rings (SSSR count). The van der Waals surface area contributed by atoms with Gasteiger partial charge in [-0.15, -0.1) is 0 Å². The molecule has 1 aromatic rings. The fourth-order valence-electron chi connectivity index (χ4n) is 2.19. The normalized spacial score (nSPS) is 12.3. The van der Waals surface area contributed by atoms with Gasteiger partial charge < -0.3 is 10.1 Å². The minimum atomic E-state index is -0.467. The highest BCUT2D eigenvalue weighted by Gasteiger charge is 2.17. The van der Waals surface area contributed by atoms with Gasteiger partial charge in [-0.05, 0) is 43.4 Å². The van der Waals surface area contributed by atoms with Gasteiger partial charge >= 0.3 is 0 Å². The van der Waals surface area contributed by atoms with Gasteiger partial charge in [0.25, 0.3) is 5.91 Å². The molecular formula is C18H29NO2. The smallest absolute Gasteiger partial charge is 0.260 e. The van der Waals surface area contributed by atoms with Crippen LogP contribution in [0.25, 0.3) is 0 Å². The molecule has 3 heteroatoms. The summed E-state index contributed by atoms with van der Waals surface area (Å²) in [5, 5.41) is 2.94. The Bertz CT molecular complexity index is 455. The molecule has 0 aliphatic carbocycles. The number of hydrogen-bond donors (Lipinski definition) is 1. The Balaban J connectivity index is 2.63. The average Bonchev–Trinajstić information content (AvgIpc) is 2.43. The third kappa shape index (κ3) is 5.78. The first-order valence-electron chi connectivity index (χ1n) is 8.00. The van der Waals surface area contributed by atoms with E-state index in [1.165, 1.54) is 0 Å². The molecule has 0 spiro atoms. The van der Waals surface area contributed by atoms with Crippen LogP contribution >= 0.6 is 0 Å². The summed E-state index contributed by atoms with van der Waals surface area (Å²) < 4.78 is 5.89. The van der Waals surface area contributed by atoms with Crippen LogP contribution < -0.4 is 10.1 Å². The van der Waals surface area contributed by atoms with E-state index in [-0.39, 0.29) is 5.91 Å². The first-order valence-corrected chi connectivity index (χ1v) is 8.00. The maximum absolute atomic E-state index is 12.0. The molecule has 0 bridgehead atoms. The number of amides is 1. The van der Waals surface area contributed by atoms with Crippen molar-refractivity contribution in [3.8, 4) is 5.75 Å². The minimum Gasteiger partial charge on any atom is -0.481 e. The van der Waals surface area contributed by atoms with Gasteiger partial charge in [0.15, 0.2) is 6.10 Å². The first kappa shape index (κ1) is 17.5. The molecule has 0 fully saturated rings. The SMILES string of the molecule is CCCCCNC(=O)[C@H](C)Oc1cc(C)ccc1C(C)C. The van der Waals surface area contributed by atoms with Gasteiger partial charge in [-0.1, -0.05) is 45.7 Å². The number of unbranched alkanes of at least 4 members (excludes halogenated alkanes) is 2. The van der Waals surface area contributed by atoms with Crippen molar-refractivity contribution >= 4 is 5.91 Å². The summed E-state index contributed by atoms with van der Waals surface area (Å²) in [5.41, 5.74) is 2.29. The molecule has 0 unspecified atom stereocenters. The molecule has 0 radical (unpaired) electrons. The van der Waals surface area contributed by atoms with Crippen LogP contribution in [0.5, 0.6) is 5.75 Å². The zero-order valence-electron chi connectivity index (χ0n) is 14.0. The van der Waals surface area contributed by atoms with Crippen molar-refractivity contribution in [1.82, 2.24) is 5.32 Å². The molecule has 1 aromatic carbocycles. The van der Waals surface area contributed by atoms with Crippen molar-refractivity contribution in [2.75, 3.05) is 6.54 Å². The molecular weight excluding hydrogens is 262 g/mol. The number of benzene rings is 1. The van der Waals surface area contributed by atoms with E-state index in [2.05, 4.69) is 38.2 Å². The Hall–Kier alpha value is -1.51. The topological polar surface area (TPSA) is 38.3 Å². The Kier molecular flexibility index (Phi) is 7.27. The van der Waals surface area contributed by atoms with Crippen LogP contribution in [0.1, 0.15) is 64.0 Å². The summed E-state index contributed by atoms with van der Waals surface area (Å²) in [6, 6.07) is 6.18. The fraction of sp³-hybridized carbons (Fsp3) is 0.611. The number of hydrogen-bond acceptors (Lipinski definition) is 2. The number of ether oxygens (including phenoxy) is 1. The van der Waals surface area contributed by atoms with E-state index in [1.54, 1.807) is 0 Å². The quantitative estimate of drug-likeness (QED) is 0.729. The highest BCUT2D eigenvalue weighted by atomic mass is 16.5. The molecule has 0 aromatic heterocycles. The molecule has 1 atom stereocenters. The Morgan fingerprint density at radius 1 is 1.24 bits per heavy atom. The largest absolute Gasteiger partial charge is 0.481 e. The van der Waals surface area contributed by atoms with Crippen LogP contribution in [0.3, 0.4) is 0 Å². The summed E-state index contributed by atoms with van der Waals surface area (Å²) in [4.78, 5) is 12.0. The van der Waals surface area contributed by atoms with Crippen molar-refractivity contribution in [2.24, 2.45) is 0 Å². The van der Waals surface area contributed by atoms with E-state index in [0.29, 0.717) is 5.92 Å². The molecule has 1 N–H and O–H groups in total. The maximum Gasteiger partial charge on any atom is 0.260 e. The zero-order chi connectivity index (χ0) is 15.8. The Labute approximate surface area is 129 Å². The second-order valence-electron chi connectivity index (χ2n) is 5.95. The van der Waals surface area contributed by atoms with Crippen LogP contribution in [0, 0.1) is 6.92 Å². The lowest BCUT2D eigenvalue weighted by Crippen LogP contribution is -2.37. The van der Waals surface area contributed by atoms with E-state index in [1.807, 2.05) is 19.9 Å². The number of nitrogens with one attached hydrogen (secondary N) is 1. The van der Waals surface area contributed by atoms with Gasteiger partial charge in [-0.25, -0.2) is 0 Å². The summed E-state index contributed by atoms with van der Waals surface area (Å²) in [7, 11) is 0. The second-order valence-corrected chi connectivity index (χ2v) is 5.95. The Morgan fingerprint density at radius 3 is 2.57 bits per heavy atom. The highest BCUT2D eigenvalue weighted by molar-refractivity contribution is 5.80. The van der Waals surface area contributed by atoms with Crippen LogP contribution in [-0.4, -0.2) is 18.6 Å². The zero-order valence-corrected chi connectivity index (χ0v) is 14.0. The van der Waals surface area contributed by atoms with Crippen LogP contribution in [0.4, 0.5) is 0 Å². The molecule has 0 saturated carbocycles. The van der Waals surface area contributed by atoms with Crippen molar-refractivity contribution < 1.29 is 9.53 Å². The number of aryl methyl sites for hydroxylation is 1. The molecule has 0 aliphatic rings. The second kappa shape index (κ2) is 8.71. The van der Waals surface area contributed by atoms with Gasteiger partial charge in [0.2, 0.25) is 0 Å². The lowest BCUT2D eigenvalue weighted by atomic mass is 10.0. The lowest BCUT2D eigenvalue weighted by molar-refractivity contribution is -0.127. The summed E-state index contributed by atoms with van der Waals surface area (Å²) in [6.07, 6.45) is 2.86. The number of carbonyl (C=O) groups is 1. The van der Waals surface area contributed by atoms with E-state index in [0.717, 1.165) is 42.7 Å². The van der Waals surface area contributed by atoms with Gasteiger partial charge in [0.1, 0.15) is 5.75 Å². The third-order valence-electron chi connectivity index (χ3n) is 3.54. The van der Waals surface area contributed by atoms with Crippen molar-refractivity contribution in [2.45, 2.75) is 65.9 Å². The van der Waals surface area contributed by atoms with Crippen LogP contribution in [-0.2, 0) is 4.79 Å². The maximum atomic E-state index is 12.0. The molecule has 0 heterocycles. The van der Waals surface area contributed by atoms with Gasteiger partial charge in [0.05, 0.1) is 0 Å². The van der Waals surface area contributed by atoms with E-state index in [9.17, 15) is 4.79 Å². The minimum absolute atomic E-state index is 0.0395. The average molecular weight is 291 g/mol. The molecule has 1 amide bonds. The van der Waals surface area contributed by atoms with Crippen molar-refractivity contribution in [3.05, 3.63) is 29.3 Å². The lowest BCUT2D eigenvalue weighted by Gasteiger charge is -2.19. The summed E-state index contributed by atoms with van der Waals surface area (Å²) in [5.74, 6) is 1.16. The monoisotopic (exact) mass is 291 g/mol. The van der Waals surface area contributed by atoms with E-state index >= 15 is 0 Å². The molecule has 0 saturated heterocycles. The third-order valence-corrected chi connectivity index (χ3v) is 3.54. The fourth-order valence-corrected chi connectivity index (χ4v) is 2.19. The summed E-state index contributed by atoms with van der Waals surface area (Å²) in [6.45, 7) is 11.0. The van der Waals surface area contributed by atoms with Crippen molar-refractivity contribution in [1.29, 1.82) is 0 Å². The first-order chi connectivity index (χ1) is 9.95. The predicted molar refractivity (Wildman–Crippen MR) is 87.9 cm³/mol. The predicted octanol–water partition coefficient (Wildman–Crippen LogP) is 4.19. The van der Waals surface area contributed by atoms with E-state index < -0.39 is 6.10 Å².